The molecule has 0 amide bonds. The summed E-state index contributed by atoms with van der Waals surface area (Å²) < 4.78 is 44.4. The van der Waals surface area contributed by atoms with Crippen molar-refractivity contribution in [2.45, 2.75) is 310 Å². The number of unbranched alkanes of at least 4 members (excludes halogenated alkanes) is 3. The van der Waals surface area contributed by atoms with Crippen LogP contribution in [0, 0.1) is 20.8 Å². The van der Waals surface area contributed by atoms with Gasteiger partial charge in [0.05, 0.1) is 67.6 Å². The van der Waals surface area contributed by atoms with Crippen LogP contribution in [0.15, 0.2) is 158 Å². The van der Waals surface area contributed by atoms with Crippen molar-refractivity contribution >= 4 is 154 Å². The van der Waals surface area contributed by atoms with E-state index in [2.05, 4.69) is 52.0 Å². The number of aryl methyl sites for hydroxylation is 3. The van der Waals surface area contributed by atoms with Crippen molar-refractivity contribution < 1.29 is 43.2 Å². The topological polar surface area (TPSA) is 288 Å². The smallest absolute Gasteiger partial charge is 0.333 e. The van der Waals surface area contributed by atoms with Crippen LogP contribution in [-0.4, -0.2) is 113 Å². The van der Waals surface area contributed by atoms with Crippen LogP contribution in [0.4, 0.5) is 0 Å². The Bertz CT molecular complexity index is 6090. The van der Waals surface area contributed by atoms with Crippen molar-refractivity contribution in [2.75, 3.05) is 0 Å². The molecule has 24 nitrogen and oxygen atoms in total. The molecule has 9 aromatic heterocycles. The van der Waals surface area contributed by atoms with Gasteiger partial charge in [0.25, 0.3) is 16.7 Å². The first-order valence-corrected chi connectivity index (χ1v) is 56.6. The van der Waals surface area contributed by atoms with Gasteiger partial charge in [-0.05, 0) is 195 Å². The average molecular weight is 2040 g/mol. The second-order valence-electron chi connectivity index (χ2n) is 36.1. The monoisotopic (exact) mass is 2040 g/mol. The molecule has 12 rings (SSSR count). The predicted octanol–water partition coefficient (Wildman–Crippen LogP) is 21.9. The van der Waals surface area contributed by atoms with Crippen molar-refractivity contribution in [3.8, 4) is 19.8 Å². The molecule has 12 aromatic rings. The first-order chi connectivity index (χ1) is 59.7. The van der Waals surface area contributed by atoms with E-state index in [9.17, 15) is 48.3 Å². The van der Waals surface area contributed by atoms with E-state index in [4.69, 9.17) is 28.7 Å². The average Bonchev–Trinajstić information content (AvgIpc) is 1.55. The van der Waals surface area contributed by atoms with E-state index < -0.39 is 116 Å². The zero-order valence-corrected chi connectivity index (χ0v) is 86.9. The fraction of sp³-hybridized carbons (Fsp3) is 0.500. The molecular weight excluding hydrogens is 1910 g/mol. The molecule has 0 fully saturated rings. The minimum absolute atomic E-state index is 0. The molecule has 1 N–H and O–H groups in total. The van der Waals surface area contributed by atoms with Gasteiger partial charge in [-0.25, -0.2) is 52.4 Å². The van der Waals surface area contributed by atoms with Gasteiger partial charge in [-0.15, -0.1) is 56.7 Å². The van der Waals surface area contributed by atoms with E-state index >= 15 is 0 Å². The van der Waals surface area contributed by atoms with Crippen LogP contribution in [-0.2, 0) is 74.3 Å². The van der Waals surface area contributed by atoms with Crippen molar-refractivity contribution in [1.82, 2.24) is 42.4 Å². The van der Waals surface area contributed by atoms with Gasteiger partial charge < -0.3 is 28.8 Å². The maximum absolute atomic E-state index is 14.2. The Hall–Kier alpha value is -7.96. The molecule has 0 saturated heterocycles. The number of fused-ring (bicyclic) bond motifs is 3. The number of thiazole rings is 3. The molecule has 0 aliphatic rings. The Morgan fingerprint density at radius 2 is 0.734 bits per heavy atom. The maximum atomic E-state index is 14.2. The number of carboxylic acid groups (broad SMARTS) is 1. The molecular formula is C96H128BrN9O15S6Sn. The fourth-order valence-corrected chi connectivity index (χ4v) is 40.1. The van der Waals surface area contributed by atoms with E-state index in [1.807, 2.05) is 182 Å². The molecule has 128 heavy (non-hydrogen) atoms. The molecule has 0 radical (unpaired) electrons. The van der Waals surface area contributed by atoms with Crippen molar-refractivity contribution in [1.29, 1.82) is 0 Å². The Labute approximate surface area is 787 Å². The van der Waals surface area contributed by atoms with E-state index in [1.165, 1.54) is 127 Å². The van der Waals surface area contributed by atoms with E-state index in [-0.39, 0.29) is 45.4 Å². The normalized spacial score (nSPS) is 12.9. The van der Waals surface area contributed by atoms with Gasteiger partial charge in [-0.1, -0.05) is 98.4 Å². The number of rotatable bonds is 33. The summed E-state index contributed by atoms with van der Waals surface area (Å²) in [4.78, 5) is 139. The van der Waals surface area contributed by atoms with Crippen LogP contribution >= 0.6 is 84.0 Å². The third-order valence-electron chi connectivity index (χ3n) is 21.6. The number of nitrogens with zero attached hydrogens (tertiary/aromatic N) is 9. The van der Waals surface area contributed by atoms with Crippen molar-refractivity contribution in [3.05, 3.63) is 225 Å². The molecule has 694 valence electrons. The number of halogens is 1. The number of ether oxygens (including phenoxy) is 5. The molecule has 3 aromatic carbocycles. The second-order valence-corrected chi connectivity index (χ2v) is 57.1. The van der Waals surface area contributed by atoms with Crippen molar-refractivity contribution in [2.24, 2.45) is 0 Å². The minimum atomic E-state index is -2.12. The van der Waals surface area contributed by atoms with Crippen LogP contribution in [0.5, 0.6) is 0 Å². The number of hydrogen-bond donors (Lipinski definition) is 1. The summed E-state index contributed by atoms with van der Waals surface area (Å²) >= 11 is 10.3. The molecule has 0 unspecified atom stereocenters. The van der Waals surface area contributed by atoms with Gasteiger partial charge in [0.2, 0.25) is 0 Å². The number of carboxylic acids is 1. The molecule has 0 aliphatic heterocycles. The molecule has 0 aliphatic carbocycles. The van der Waals surface area contributed by atoms with Crippen LogP contribution in [0.1, 0.15) is 243 Å². The first kappa shape index (κ1) is 105. The summed E-state index contributed by atoms with van der Waals surface area (Å²) in [5.41, 5.74) is -5.11. The number of aromatic nitrogens is 9. The number of carbonyl (C=O) groups excluding carboxylic acids is 2. The third-order valence-corrected chi connectivity index (χ3v) is 47.0. The predicted molar refractivity (Wildman–Crippen MR) is 532 cm³/mol. The standard InChI is InChI=1S/C29H35N3O5S2.C26H33BrN2O5S.C25H27N3O5S2.3C4H9.C3H2NS.CH4.Sn/c1-17(2)36-20(19-12-10-9-11-13-19)16-31-25-21(18(3)22(39-25)23-30-14-15-38-23)24(33)32(27(31)35)29(7,8)26(34)37-28(4,5)6;1-15(2)33-18(17-12-10-9-11-13-17)14-28-22-19(16(3)20(27)35-22)21(30)29(24(28)32)26(7,8)23(31)34-25(4,5)6;1-14(2)33-17(16-9-7-6-8-10-16)13-27-22-18(15(3)19(35-22)20-26-11-12-34-20)21(29)28(24(27)32)25(4,5)23(30)31;3*1-3-4-2;1-2-5-3-4-1;;/h9-15,17,20H,16H2,1-8H3;9-13,15,18H,14H2,1-8H3;6-12,14,17H,13H2,1-5H3,(H,30,31);3*1,3-4H2,2H3;1-2H;1H4;/t20-;18-;17-;;;;;;/m000....../s1. The van der Waals surface area contributed by atoms with Gasteiger partial charge in [0.15, 0.2) is 0 Å². The molecule has 32 heteroatoms. The Kier molecular flexibility index (Phi) is 37.0. The second kappa shape index (κ2) is 45.0. The number of esters is 2. The molecule has 0 bridgehead atoms. The van der Waals surface area contributed by atoms with Gasteiger partial charge in [-0.3, -0.25) is 28.1 Å². The number of hydrogen-bond acceptors (Lipinski definition) is 23. The minimum Gasteiger partial charge on any atom is -0.480 e. The summed E-state index contributed by atoms with van der Waals surface area (Å²) in [5, 5.41) is 18.4. The van der Waals surface area contributed by atoms with Gasteiger partial charge in [-0.2, -0.15) is 0 Å². The maximum Gasteiger partial charge on any atom is 0.333 e. The molecule has 0 spiro atoms. The zero-order chi connectivity index (χ0) is 93.8. The van der Waals surface area contributed by atoms with E-state index in [1.54, 1.807) is 93.3 Å². The van der Waals surface area contributed by atoms with Gasteiger partial charge in [0.1, 0.15) is 70.6 Å². The molecule has 0 saturated carbocycles. The van der Waals surface area contributed by atoms with E-state index in [0.717, 1.165) is 65.1 Å². The van der Waals surface area contributed by atoms with Gasteiger partial charge >= 0.3 is 157 Å². The Morgan fingerprint density at radius 3 is 1.01 bits per heavy atom. The van der Waals surface area contributed by atoms with E-state index in [0.29, 0.717) is 36.2 Å². The number of aliphatic carboxylic acids is 1. The van der Waals surface area contributed by atoms with Crippen LogP contribution < -0.4 is 36.8 Å². The third kappa shape index (κ3) is 24.7. The van der Waals surface area contributed by atoms with Gasteiger partial charge in [0, 0.05) is 23.2 Å². The number of thiophene rings is 3. The van der Waals surface area contributed by atoms with Crippen LogP contribution in [0.3, 0.4) is 0 Å². The largest absolute Gasteiger partial charge is 0.480 e. The summed E-state index contributed by atoms with van der Waals surface area (Å²) in [5.74, 6) is -2.58. The molecule has 9 heterocycles. The van der Waals surface area contributed by atoms with Crippen molar-refractivity contribution in [3.63, 3.8) is 0 Å². The van der Waals surface area contributed by atoms with Crippen LogP contribution in [0.25, 0.3) is 50.4 Å². The number of benzene rings is 3. The zero-order valence-electron chi connectivity index (χ0n) is 77.6. The summed E-state index contributed by atoms with van der Waals surface area (Å²) in [6.45, 7) is 43.9. The summed E-state index contributed by atoms with van der Waals surface area (Å²) in [7, 11) is 0. The Morgan fingerprint density at radius 1 is 0.438 bits per heavy atom. The first-order valence-electron chi connectivity index (χ1n) is 43.2. The number of carbonyl (C=O) groups is 3. The quantitative estimate of drug-likeness (QED) is 0.0295. The SMILES string of the molecule is C.CCC[CH2][Sn]([CH2]CCC)([CH2]CCC)[c]1nccs1.Cc1c(-c2nccs2)sc2c1c(=O)n(C(C)(C)C(=O)O)c(=O)n2C[C@H](OC(C)C)c1ccccc1.Cc1c(-c2nccs2)sc2c1c(=O)n(C(C)(C)C(=O)OC(C)(C)C)c(=O)n2C[C@H](OC(C)C)c1ccccc1.Cc1c(Br)sc2c1c(=O)n(C(C)(C)C(=O)OC(C)(C)C)c(=O)n2C[C@H](OC(C)C)c1ccccc1. The Balaban J connectivity index is 0.000000216. The molecule has 3 atom stereocenters. The summed E-state index contributed by atoms with van der Waals surface area (Å²) in [6.07, 6.45) is 12.1. The fourth-order valence-electron chi connectivity index (χ4n) is 15.0. The van der Waals surface area contributed by atoms with Crippen LogP contribution in [0.2, 0.25) is 13.3 Å². The summed E-state index contributed by atoms with van der Waals surface area (Å²) in [6, 6.07) is 28.9.